The Morgan fingerprint density at radius 2 is 2.29 bits per heavy atom. The standard InChI is InChI=1S/C17H20BN4O4PS/c1-8(7-11-5-4-6-19-20-11)28-15-9(2)13-12(10(3)23)16(24)22(13)14(15)17(25)26-27-21-18/h4-6,8-10,12-13,23H,7H2,1-3H3. The summed E-state index contributed by atoms with van der Waals surface area (Å²) in [7, 11) is 5.03. The van der Waals surface area contributed by atoms with E-state index in [1.165, 1.54) is 16.7 Å². The number of carbonyl (C=O) groups excluding carboxylic acids is 2. The Bertz CT molecular complexity index is 823. The average molecular weight is 418 g/mol. The lowest BCUT2D eigenvalue weighted by Crippen LogP contribution is -2.63. The van der Waals surface area contributed by atoms with Crippen LogP contribution in [0.1, 0.15) is 26.5 Å². The van der Waals surface area contributed by atoms with Gasteiger partial charge < -0.3 is 19.2 Å². The highest BCUT2D eigenvalue weighted by Crippen LogP contribution is 2.51. The van der Waals surface area contributed by atoms with E-state index in [4.69, 9.17) is 12.5 Å². The molecule has 2 aliphatic heterocycles. The highest BCUT2D eigenvalue weighted by atomic mass is 32.2. The number of amides is 1. The number of rotatable bonds is 7. The number of aromatic nitrogens is 2. The fourth-order valence-electron chi connectivity index (χ4n) is 3.77. The van der Waals surface area contributed by atoms with Crippen LogP contribution in [0, 0.1) is 11.8 Å². The fraction of sp³-hybridized carbons (Fsp3) is 0.529. The molecule has 3 rings (SSSR count). The predicted octanol–water partition coefficient (Wildman–Crippen LogP) is 1.88. The van der Waals surface area contributed by atoms with Crippen molar-refractivity contribution in [2.75, 3.05) is 0 Å². The number of thioether (sulfide) groups is 1. The average Bonchev–Trinajstić information content (AvgIpc) is 2.89. The van der Waals surface area contributed by atoms with Crippen molar-refractivity contribution in [1.82, 2.24) is 15.1 Å². The van der Waals surface area contributed by atoms with Crippen molar-refractivity contribution in [1.29, 1.82) is 0 Å². The zero-order valence-electron chi connectivity index (χ0n) is 15.7. The van der Waals surface area contributed by atoms with E-state index in [0.717, 1.165) is 10.6 Å². The molecule has 146 valence electrons. The molecule has 0 bridgehead atoms. The zero-order chi connectivity index (χ0) is 20.4. The van der Waals surface area contributed by atoms with Gasteiger partial charge in [-0.2, -0.15) is 10.2 Å². The molecule has 1 fully saturated rings. The largest absolute Gasteiger partial charge is 0.393 e. The maximum absolute atomic E-state index is 12.6. The monoisotopic (exact) mass is 418 g/mol. The molecule has 2 radical (unpaired) electrons. The van der Waals surface area contributed by atoms with E-state index >= 15 is 0 Å². The van der Waals surface area contributed by atoms with E-state index in [0.29, 0.717) is 6.42 Å². The Labute approximate surface area is 170 Å². The van der Waals surface area contributed by atoms with Gasteiger partial charge >= 0.3 is 5.97 Å². The Morgan fingerprint density at radius 1 is 1.54 bits per heavy atom. The number of β-lactam (4-membered cyclic amide) rings is 1. The Morgan fingerprint density at radius 3 is 2.89 bits per heavy atom. The summed E-state index contributed by atoms with van der Waals surface area (Å²) in [5, 5.41) is 18.1. The molecule has 0 aliphatic carbocycles. The van der Waals surface area contributed by atoms with Gasteiger partial charge in [0.1, 0.15) is 5.70 Å². The smallest absolute Gasteiger partial charge is 0.365 e. The number of hydrogen-bond acceptors (Lipinski definition) is 8. The lowest BCUT2D eigenvalue weighted by Gasteiger charge is -2.46. The fourth-order valence-corrected chi connectivity index (χ4v) is 5.31. The molecule has 5 unspecified atom stereocenters. The number of nitrogens with zero attached hydrogens (tertiary/aromatic N) is 4. The summed E-state index contributed by atoms with van der Waals surface area (Å²) in [6.45, 7) is 5.58. The molecular weight excluding hydrogens is 398 g/mol. The summed E-state index contributed by atoms with van der Waals surface area (Å²) in [5.41, 5.74) is 1.08. The lowest BCUT2D eigenvalue weighted by molar-refractivity contribution is -0.162. The molecule has 5 atom stereocenters. The van der Waals surface area contributed by atoms with Crippen molar-refractivity contribution in [2.24, 2.45) is 16.5 Å². The number of aliphatic hydroxyl groups is 1. The molecular formula is C17H20BN4O4PS. The van der Waals surface area contributed by atoms with Crippen molar-refractivity contribution in [2.45, 2.75) is 44.6 Å². The van der Waals surface area contributed by atoms with Crippen LogP contribution in [0.2, 0.25) is 0 Å². The highest BCUT2D eigenvalue weighted by molar-refractivity contribution is 8.03. The molecule has 8 nitrogen and oxygen atoms in total. The highest BCUT2D eigenvalue weighted by Gasteiger charge is 2.60. The molecule has 0 spiro atoms. The molecule has 11 heteroatoms. The second kappa shape index (κ2) is 8.72. The summed E-state index contributed by atoms with van der Waals surface area (Å²) >= 11 is 1.51. The zero-order valence-corrected chi connectivity index (χ0v) is 17.4. The minimum absolute atomic E-state index is 0.0317. The number of hydrogen-bond donors (Lipinski definition) is 1. The van der Waals surface area contributed by atoms with E-state index < -0.39 is 18.0 Å². The maximum Gasteiger partial charge on any atom is 0.365 e. The summed E-state index contributed by atoms with van der Waals surface area (Å²) in [5.74, 6) is -1.53. The van der Waals surface area contributed by atoms with E-state index in [1.54, 1.807) is 13.1 Å². The van der Waals surface area contributed by atoms with Crippen LogP contribution in [0.25, 0.3) is 0 Å². The topological polar surface area (TPSA) is 105 Å². The Hall–Kier alpha value is -1.77. The third kappa shape index (κ3) is 3.86. The second-order valence-corrected chi connectivity index (χ2v) is 8.95. The van der Waals surface area contributed by atoms with Crippen LogP contribution in [-0.4, -0.2) is 57.5 Å². The van der Waals surface area contributed by atoms with E-state index in [9.17, 15) is 14.7 Å². The summed E-state index contributed by atoms with van der Waals surface area (Å²) in [6.07, 6.45) is 1.49. The Kier molecular flexibility index (Phi) is 6.52. The summed E-state index contributed by atoms with van der Waals surface area (Å²) < 4.78 is 8.32. The Balaban J connectivity index is 1.86. The molecule has 0 aromatic carbocycles. The molecule has 1 saturated heterocycles. The van der Waals surface area contributed by atoms with E-state index in [-0.39, 0.29) is 37.4 Å². The van der Waals surface area contributed by atoms with Gasteiger partial charge in [-0.05, 0) is 19.1 Å². The van der Waals surface area contributed by atoms with Crippen LogP contribution in [-0.2, 0) is 20.5 Å². The van der Waals surface area contributed by atoms with Gasteiger partial charge in [-0.3, -0.25) is 4.79 Å². The molecule has 0 saturated carbocycles. The molecule has 1 aromatic rings. The van der Waals surface area contributed by atoms with Crippen LogP contribution >= 0.6 is 20.4 Å². The van der Waals surface area contributed by atoms with Crippen molar-refractivity contribution in [3.63, 3.8) is 0 Å². The first-order chi connectivity index (χ1) is 13.4. The third-order valence-electron chi connectivity index (χ3n) is 4.93. The molecule has 1 N–H and O–H groups in total. The predicted molar refractivity (Wildman–Crippen MR) is 106 cm³/mol. The number of aliphatic hydroxyl groups excluding tert-OH is 1. The van der Waals surface area contributed by atoms with Crippen LogP contribution in [0.15, 0.2) is 33.6 Å². The molecule has 1 aromatic heterocycles. The number of carbonyl (C=O) groups is 2. The van der Waals surface area contributed by atoms with Crippen LogP contribution in [0.4, 0.5) is 0 Å². The first kappa shape index (κ1) is 21.0. The first-order valence-electron chi connectivity index (χ1n) is 8.86. The minimum atomic E-state index is -0.785. The maximum atomic E-state index is 12.6. The van der Waals surface area contributed by atoms with Crippen molar-refractivity contribution in [3.8, 4) is 0 Å². The van der Waals surface area contributed by atoms with Gasteiger partial charge in [0.05, 0.1) is 23.8 Å². The van der Waals surface area contributed by atoms with E-state index in [2.05, 4.69) is 14.9 Å². The van der Waals surface area contributed by atoms with Gasteiger partial charge in [0.2, 0.25) is 14.5 Å². The van der Waals surface area contributed by atoms with Crippen LogP contribution in [0.3, 0.4) is 0 Å². The summed E-state index contributed by atoms with van der Waals surface area (Å²) in [6, 6.07) is 3.47. The number of fused-ring (bicyclic) bond motifs is 1. The quantitative estimate of drug-likeness (QED) is 0.410. The van der Waals surface area contributed by atoms with Crippen molar-refractivity contribution >= 4 is 40.2 Å². The van der Waals surface area contributed by atoms with Gasteiger partial charge in [0.25, 0.3) is 7.98 Å². The third-order valence-corrected chi connectivity index (χ3v) is 6.65. The van der Waals surface area contributed by atoms with Crippen LogP contribution in [0.5, 0.6) is 0 Å². The lowest BCUT2D eigenvalue weighted by atomic mass is 9.79. The SMILES string of the molecule is [B]N=POC(=O)C1=C(SC(C)Cc2cccnn2)C(C)C2C(C(C)O)C(=O)N12. The molecule has 3 heterocycles. The van der Waals surface area contributed by atoms with Gasteiger partial charge in [0.15, 0.2) is 0 Å². The van der Waals surface area contributed by atoms with Crippen LogP contribution < -0.4 is 0 Å². The van der Waals surface area contributed by atoms with Gasteiger partial charge in [-0.25, -0.2) is 4.79 Å². The molecule has 1 amide bonds. The van der Waals surface area contributed by atoms with Crippen molar-refractivity contribution < 1.29 is 19.2 Å². The van der Waals surface area contributed by atoms with Crippen molar-refractivity contribution in [3.05, 3.63) is 34.6 Å². The van der Waals surface area contributed by atoms with E-state index in [1.807, 2.05) is 26.0 Å². The summed E-state index contributed by atoms with van der Waals surface area (Å²) in [4.78, 5) is 27.4. The minimum Gasteiger partial charge on any atom is -0.393 e. The van der Waals surface area contributed by atoms with Gasteiger partial charge in [-0.1, -0.05) is 13.8 Å². The molecule has 2 aliphatic rings. The second-order valence-electron chi connectivity index (χ2n) is 6.89. The van der Waals surface area contributed by atoms with Gasteiger partial charge in [-0.15, -0.1) is 11.8 Å². The molecule has 28 heavy (non-hydrogen) atoms. The van der Waals surface area contributed by atoms with Gasteiger partial charge in [0, 0.05) is 28.7 Å². The first-order valence-corrected chi connectivity index (χ1v) is 10.5. The normalized spacial score (nSPS) is 26.2.